The summed E-state index contributed by atoms with van der Waals surface area (Å²) < 4.78 is 2.24. The molecule has 112 valence electrons. The molecular weight excluding hydrogens is 258 g/mol. The molecule has 0 spiro atoms. The van der Waals surface area contributed by atoms with Crippen molar-refractivity contribution in [3.8, 4) is 6.07 Å². The van der Waals surface area contributed by atoms with Gasteiger partial charge in [0, 0.05) is 30.8 Å². The summed E-state index contributed by atoms with van der Waals surface area (Å²) in [5, 5.41) is 13.8. The van der Waals surface area contributed by atoms with Crippen LogP contribution in [0.3, 0.4) is 0 Å². The second kappa shape index (κ2) is 6.32. The Hall–Kier alpha value is -1.79. The molecule has 1 aromatic heterocycles. The van der Waals surface area contributed by atoms with Crippen LogP contribution in [-0.2, 0) is 13.1 Å². The number of aromatic nitrogens is 1. The third-order valence-electron chi connectivity index (χ3n) is 3.83. The van der Waals surface area contributed by atoms with Crippen LogP contribution in [0.5, 0.6) is 0 Å². The van der Waals surface area contributed by atoms with E-state index in [1.165, 1.54) is 16.5 Å². The van der Waals surface area contributed by atoms with Crippen molar-refractivity contribution in [1.29, 1.82) is 5.26 Å². The van der Waals surface area contributed by atoms with Crippen molar-refractivity contribution in [2.24, 2.45) is 5.41 Å². The lowest BCUT2D eigenvalue weighted by atomic mass is 9.91. The minimum absolute atomic E-state index is 0.266. The smallest absolute Gasteiger partial charge is 0.0684 e. The topological polar surface area (TPSA) is 40.8 Å². The average molecular weight is 283 g/mol. The van der Waals surface area contributed by atoms with Crippen molar-refractivity contribution in [2.45, 2.75) is 53.2 Å². The minimum Gasteiger partial charge on any atom is -0.347 e. The van der Waals surface area contributed by atoms with E-state index in [9.17, 15) is 0 Å². The lowest BCUT2D eigenvalue weighted by molar-refractivity contribution is 0.417. The number of benzene rings is 1. The first-order valence-corrected chi connectivity index (χ1v) is 7.64. The van der Waals surface area contributed by atoms with Crippen LogP contribution in [0.25, 0.3) is 10.9 Å². The zero-order chi connectivity index (χ0) is 15.5. The molecule has 3 heteroatoms. The standard InChI is InChI=1S/C18H25N3/c1-14(2)20-12-15-5-6-17-16(11-15)7-9-21(17)10-8-18(3,4)13-19/h5-7,9,11,14,20H,8,10,12H2,1-4H3. The fourth-order valence-corrected chi connectivity index (χ4v) is 2.33. The van der Waals surface area contributed by atoms with E-state index in [2.05, 4.69) is 60.3 Å². The lowest BCUT2D eigenvalue weighted by Gasteiger charge is -2.16. The maximum Gasteiger partial charge on any atom is 0.0684 e. The Labute approximate surface area is 127 Å². The Morgan fingerprint density at radius 3 is 2.71 bits per heavy atom. The molecule has 0 radical (unpaired) electrons. The van der Waals surface area contributed by atoms with E-state index in [0.717, 1.165) is 19.5 Å². The first kappa shape index (κ1) is 15.6. The molecule has 0 aliphatic rings. The van der Waals surface area contributed by atoms with Gasteiger partial charge in [-0.2, -0.15) is 5.26 Å². The van der Waals surface area contributed by atoms with E-state index in [1.807, 2.05) is 13.8 Å². The first-order chi connectivity index (χ1) is 9.91. The zero-order valence-electron chi connectivity index (χ0n) is 13.5. The Morgan fingerprint density at radius 1 is 1.29 bits per heavy atom. The monoisotopic (exact) mass is 283 g/mol. The molecule has 0 saturated heterocycles. The highest BCUT2D eigenvalue weighted by Crippen LogP contribution is 2.23. The lowest BCUT2D eigenvalue weighted by Crippen LogP contribution is -2.21. The highest BCUT2D eigenvalue weighted by atomic mass is 15.0. The number of aryl methyl sites for hydroxylation is 1. The fourth-order valence-electron chi connectivity index (χ4n) is 2.33. The summed E-state index contributed by atoms with van der Waals surface area (Å²) in [5.74, 6) is 0. The predicted octanol–water partition coefficient (Wildman–Crippen LogP) is 4.08. The van der Waals surface area contributed by atoms with Crippen molar-refractivity contribution < 1.29 is 0 Å². The van der Waals surface area contributed by atoms with Crippen molar-refractivity contribution in [1.82, 2.24) is 9.88 Å². The Kier molecular flexibility index (Phi) is 4.69. The van der Waals surface area contributed by atoms with Crippen molar-refractivity contribution in [3.63, 3.8) is 0 Å². The molecule has 1 aromatic carbocycles. The molecule has 2 rings (SSSR count). The number of nitrogens with one attached hydrogen (secondary N) is 1. The molecule has 1 heterocycles. The molecule has 0 bridgehead atoms. The normalized spacial score (nSPS) is 12.0. The molecule has 21 heavy (non-hydrogen) atoms. The molecule has 0 amide bonds. The second-order valence-corrected chi connectivity index (χ2v) is 6.68. The van der Waals surface area contributed by atoms with Crippen LogP contribution in [0.15, 0.2) is 30.5 Å². The minimum atomic E-state index is -0.266. The third kappa shape index (κ3) is 4.09. The molecule has 0 unspecified atom stereocenters. The summed E-state index contributed by atoms with van der Waals surface area (Å²) in [7, 11) is 0. The largest absolute Gasteiger partial charge is 0.347 e. The molecule has 1 N–H and O–H groups in total. The van der Waals surface area contributed by atoms with Gasteiger partial charge in [-0.15, -0.1) is 0 Å². The van der Waals surface area contributed by atoms with Crippen molar-refractivity contribution >= 4 is 10.9 Å². The summed E-state index contributed by atoms with van der Waals surface area (Å²) in [4.78, 5) is 0. The maximum absolute atomic E-state index is 9.11. The highest BCUT2D eigenvalue weighted by Gasteiger charge is 2.16. The Balaban J connectivity index is 2.12. The fraction of sp³-hybridized carbons (Fsp3) is 0.500. The number of hydrogen-bond acceptors (Lipinski definition) is 2. The van der Waals surface area contributed by atoms with Gasteiger partial charge in [0.15, 0.2) is 0 Å². The molecular formula is C18H25N3. The molecule has 0 fully saturated rings. The van der Waals surface area contributed by atoms with Gasteiger partial charge in [-0.3, -0.25) is 0 Å². The number of nitrogens with zero attached hydrogens (tertiary/aromatic N) is 2. The van der Waals surface area contributed by atoms with Crippen LogP contribution in [-0.4, -0.2) is 10.6 Å². The van der Waals surface area contributed by atoms with Crippen LogP contribution >= 0.6 is 0 Å². The molecule has 0 aliphatic carbocycles. The predicted molar refractivity (Wildman–Crippen MR) is 87.9 cm³/mol. The van der Waals surface area contributed by atoms with Gasteiger partial charge < -0.3 is 9.88 Å². The summed E-state index contributed by atoms with van der Waals surface area (Å²) in [5.41, 5.74) is 2.29. The van der Waals surface area contributed by atoms with Gasteiger partial charge in [0.05, 0.1) is 11.5 Å². The number of nitriles is 1. The molecule has 3 nitrogen and oxygen atoms in total. The van der Waals surface area contributed by atoms with Crippen LogP contribution in [0.4, 0.5) is 0 Å². The SMILES string of the molecule is CC(C)NCc1ccc2c(ccn2CCC(C)(C)C#N)c1. The Morgan fingerprint density at radius 2 is 2.05 bits per heavy atom. The van der Waals surface area contributed by atoms with E-state index in [0.29, 0.717) is 6.04 Å². The number of rotatable bonds is 6. The van der Waals surface area contributed by atoms with Gasteiger partial charge in [-0.05, 0) is 49.4 Å². The quantitative estimate of drug-likeness (QED) is 0.868. The van der Waals surface area contributed by atoms with Gasteiger partial charge >= 0.3 is 0 Å². The number of hydrogen-bond donors (Lipinski definition) is 1. The van der Waals surface area contributed by atoms with E-state index in [4.69, 9.17) is 5.26 Å². The molecule has 0 atom stereocenters. The third-order valence-corrected chi connectivity index (χ3v) is 3.83. The molecule has 2 aromatic rings. The van der Waals surface area contributed by atoms with Gasteiger partial charge in [0.1, 0.15) is 0 Å². The van der Waals surface area contributed by atoms with Crippen LogP contribution in [0, 0.1) is 16.7 Å². The van der Waals surface area contributed by atoms with Crippen LogP contribution in [0.2, 0.25) is 0 Å². The van der Waals surface area contributed by atoms with Crippen LogP contribution in [0.1, 0.15) is 39.7 Å². The first-order valence-electron chi connectivity index (χ1n) is 7.64. The number of fused-ring (bicyclic) bond motifs is 1. The summed E-state index contributed by atoms with van der Waals surface area (Å²) in [6.07, 6.45) is 2.99. The summed E-state index contributed by atoms with van der Waals surface area (Å²) in [6.45, 7) is 10.1. The van der Waals surface area contributed by atoms with E-state index < -0.39 is 0 Å². The second-order valence-electron chi connectivity index (χ2n) is 6.68. The summed E-state index contributed by atoms with van der Waals surface area (Å²) in [6, 6.07) is 11.6. The Bertz CT molecular complexity index is 644. The average Bonchev–Trinajstić information content (AvgIpc) is 2.85. The highest BCUT2D eigenvalue weighted by molar-refractivity contribution is 5.80. The molecule has 0 aliphatic heterocycles. The van der Waals surface area contributed by atoms with E-state index in [-0.39, 0.29) is 5.41 Å². The van der Waals surface area contributed by atoms with Crippen molar-refractivity contribution in [2.75, 3.05) is 0 Å². The van der Waals surface area contributed by atoms with Gasteiger partial charge in [-0.1, -0.05) is 19.9 Å². The van der Waals surface area contributed by atoms with Crippen LogP contribution < -0.4 is 5.32 Å². The van der Waals surface area contributed by atoms with Gasteiger partial charge in [-0.25, -0.2) is 0 Å². The summed E-state index contributed by atoms with van der Waals surface area (Å²) >= 11 is 0. The van der Waals surface area contributed by atoms with E-state index in [1.54, 1.807) is 0 Å². The van der Waals surface area contributed by atoms with Crippen molar-refractivity contribution in [3.05, 3.63) is 36.0 Å². The van der Waals surface area contributed by atoms with E-state index >= 15 is 0 Å². The zero-order valence-corrected chi connectivity index (χ0v) is 13.5. The molecule has 0 saturated carbocycles. The maximum atomic E-state index is 9.11. The van der Waals surface area contributed by atoms with Gasteiger partial charge in [0.25, 0.3) is 0 Å². The van der Waals surface area contributed by atoms with Gasteiger partial charge in [0.2, 0.25) is 0 Å².